The van der Waals surface area contributed by atoms with E-state index < -0.39 is 6.10 Å². The van der Waals surface area contributed by atoms with E-state index in [0.717, 1.165) is 89.9 Å². The van der Waals surface area contributed by atoms with Gasteiger partial charge in [-0.1, -0.05) is 319 Å². The van der Waals surface area contributed by atoms with Gasteiger partial charge in [0.25, 0.3) is 0 Å². The molecule has 0 spiro atoms. The summed E-state index contributed by atoms with van der Waals surface area (Å²) in [5.74, 6) is -0.862. The van der Waals surface area contributed by atoms with Crippen LogP contribution in [0.15, 0.2) is 60.8 Å². The highest BCUT2D eigenvalue weighted by Crippen LogP contribution is 2.18. The average Bonchev–Trinajstić information content (AvgIpc) is 3.44. The molecule has 0 rings (SSSR count). The number of rotatable bonds is 63. The van der Waals surface area contributed by atoms with Gasteiger partial charge in [0.2, 0.25) is 0 Å². The SMILES string of the molecule is CC/C=C\C/C=C\C/C=C\CCCCCCCCCC(=O)OC(COC(=O)CCCCCCCCCCCCCC)COC(=O)CCCCCCCCCCCCCCCCCCCCC/C=C\C/C=C\CCCCCCC. The molecule has 0 N–H and O–H groups in total. The fourth-order valence-electron chi connectivity index (χ4n) is 10.1. The first-order valence-electron chi connectivity index (χ1n) is 34.3. The van der Waals surface area contributed by atoms with Gasteiger partial charge in [-0.25, -0.2) is 0 Å². The number of carbonyl (C=O) groups excluding carboxylic acids is 3. The summed E-state index contributed by atoms with van der Waals surface area (Å²) in [6.45, 7) is 6.56. The van der Waals surface area contributed by atoms with Crippen LogP contribution in [0.5, 0.6) is 0 Å². The highest BCUT2D eigenvalue weighted by atomic mass is 16.6. The average molecular weight is 1090 g/mol. The van der Waals surface area contributed by atoms with E-state index in [2.05, 4.69) is 81.5 Å². The molecule has 1 atom stereocenters. The standard InChI is InChI=1S/C72H130O6/c1-4-7-10-13-16-19-22-25-27-29-30-31-32-33-34-35-36-37-38-39-40-41-42-44-45-47-50-53-56-59-62-65-71(74)77-68-69(67-76-70(73)64-61-58-55-52-49-24-21-18-15-12-9-6-3)78-72(75)66-63-60-57-54-51-48-46-43-28-26-23-20-17-14-11-8-5-2/h8,11,17,20,22,25-26,28-30,69H,4-7,9-10,12-16,18-19,21,23-24,27,31-68H2,1-3H3/b11-8-,20-17-,25-22-,28-26-,30-29-. The molecular formula is C72H130O6. The molecule has 6 nitrogen and oxygen atoms in total. The maximum Gasteiger partial charge on any atom is 0.306 e. The van der Waals surface area contributed by atoms with Gasteiger partial charge in [0.05, 0.1) is 0 Å². The molecule has 0 radical (unpaired) electrons. The van der Waals surface area contributed by atoms with E-state index >= 15 is 0 Å². The van der Waals surface area contributed by atoms with Crippen molar-refractivity contribution in [1.82, 2.24) is 0 Å². The summed E-state index contributed by atoms with van der Waals surface area (Å²) in [5.41, 5.74) is 0. The summed E-state index contributed by atoms with van der Waals surface area (Å²) in [7, 11) is 0. The Balaban J connectivity index is 4.14. The quantitative estimate of drug-likeness (QED) is 0.0261. The van der Waals surface area contributed by atoms with E-state index in [4.69, 9.17) is 14.2 Å². The van der Waals surface area contributed by atoms with Crippen molar-refractivity contribution in [3.8, 4) is 0 Å². The van der Waals surface area contributed by atoms with Gasteiger partial charge in [-0.05, 0) is 83.5 Å². The Bertz CT molecular complexity index is 1390. The summed E-state index contributed by atoms with van der Waals surface area (Å²) < 4.78 is 16.9. The molecule has 0 bridgehead atoms. The zero-order chi connectivity index (χ0) is 56.4. The molecule has 454 valence electrons. The van der Waals surface area contributed by atoms with E-state index in [1.165, 1.54) is 231 Å². The van der Waals surface area contributed by atoms with Crippen LogP contribution in [0.1, 0.15) is 361 Å². The molecule has 0 saturated carbocycles. The molecule has 1 unspecified atom stereocenters. The molecule has 0 aromatic rings. The summed E-state index contributed by atoms with van der Waals surface area (Å²) in [6.07, 6.45) is 85.4. The Labute approximate surface area is 485 Å². The summed E-state index contributed by atoms with van der Waals surface area (Å²) in [4.78, 5) is 38.3. The molecule has 6 heteroatoms. The minimum Gasteiger partial charge on any atom is -0.462 e. The van der Waals surface area contributed by atoms with Crippen molar-refractivity contribution in [2.45, 2.75) is 367 Å². The van der Waals surface area contributed by atoms with Crippen molar-refractivity contribution in [2.24, 2.45) is 0 Å². The lowest BCUT2D eigenvalue weighted by molar-refractivity contribution is -0.167. The van der Waals surface area contributed by atoms with Crippen LogP contribution in [-0.2, 0) is 28.6 Å². The van der Waals surface area contributed by atoms with E-state index in [-0.39, 0.29) is 31.1 Å². The number of hydrogen-bond donors (Lipinski definition) is 0. The smallest absolute Gasteiger partial charge is 0.306 e. The molecule has 0 aliphatic carbocycles. The minimum absolute atomic E-state index is 0.0735. The lowest BCUT2D eigenvalue weighted by atomic mass is 10.0. The van der Waals surface area contributed by atoms with Crippen molar-refractivity contribution < 1.29 is 28.6 Å². The van der Waals surface area contributed by atoms with E-state index in [1.807, 2.05) is 0 Å². The fraction of sp³-hybridized carbons (Fsp3) is 0.819. The lowest BCUT2D eigenvalue weighted by Crippen LogP contribution is -2.30. The second kappa shape index (κ2) is 66.6. The molecule has 0 fully saturated rings. The second-order valence-electron chi connectivity index (χ2n) is 23.1. The molecule has 0 aromatic heterocycles. The zero-order valence-corrected chi connectivity index (χ0v) is 52.2. The van der Waals surface area contributed by atoms with Crippen molar-refractivity contribution in [3.05, 3.63) is 60.8 Å². The normalized spacial score (nSPS) is 12.4. The van der Waals surface area contributed by atoms with Gasteiger partial charge < -0.3 is 14.2 Å². The Kier molecular flexibility index (Phi) is 64.2. The van der Waals surface area contributed by atoms with Gasteiger partial charge in [-0.15, -0.1) is 0 Å². The Morgan fingerprint density at radius 1 is 0.269 bits per heavy atom. The highest BCUT2D eigenvalue weighted by molar-refractivity contribution is 5.71. The maximum atomic E-state index is 12.9. The first-order chi connectivity index (χ1) is 38.5. The lowest BCUT2D eigenvalue weighted by Gasteiger charge is -2.18. The predicted molar refractivity (Wildman–Crippen MR) is 339 cm³/mol. The first kappa shape index (κ1) is 75.1. The number of unbranched alkanes of at least 4 members (excludes halogenated alkanes) is 42. The third kappa shape index (κ3) is 63.9. The van der Waals surface area contributed by atoms with Gasteiger partial charge >= 0.3 is 17.9 Å². The van der Waals surface area contributed by atoms with Gasteiger partial charge in [0, 0.05) is 19.3 Å². The Morgan fingerprint density at radius 3 is 0.782 bits per heavy atom. The monoisotopic (exact) mass is 1090 g/mol. The molecule has 0 aliphatic rings. The van der Waals surface area contributed by atoms with Gasteiger partial charge in [-0.2, -0.15) is 0 Å². The van der Waals surface area contributed by atoms with Crippen molar-refractivity contribution in [2.75, 3.05) is 13.2 Å². The molecule has 0 amide bonds. The van der Waals surface area contributed by atoms with Crippen LogP contribution in [0.2, 0.25) is 0 Å². The van der Waals surface area contributed by atoms with E-state index in [1.54, 1.807) is 0 Å². The van der Waals surface area contributed by atoms with Crippen LogP contribution in [0.3, 0.4) is 0 Å². The van der Waals surface area contributed by atoms with Crippen LogP contribution in [0.4, 0.5) is 0 Å². The number of hydrogen-bond acceptors (Lipinski definition) is 6. The van der Waals surface area contributed by atoms with Crippen molar-refractivity contribution >= 4 is 17.9 Å². The molecular weight excluding hydrogens is 961 g/mol. The molecule has 0 heterocycles. The van der Waals surface area contributed by atoms with Crippen LogP contribution in [0, 0.1) is 0 Å². The van der Waals surface area contributed by atoms with E-state index in [9.17, 15) is 14.4 Å². The molecule has 0 saturated heterocycles. The number of allylic oxidation sites excluding steroid dienone is 10. The topological polar surface area (TPSA) is 78.9 Å². The fourth-order valence-corrected chi connectivity index (χ4v) is 10.1. The Morgan fingerprint density at radius 2 is 0.500 bits per heavy atom. The van der Waals surface area contributed by atoms with Gasteiger partial charge in [0.15, 0.2) is 6.10 Å². The predicted octanol–water partition coefficient (Wildman–Crippen LogP) is 23.5. The van der Waals surface area contributed by atoms with Crippen molar-refractivity contribution in [1.29, 1.82) is 0 Å². The number of esters is 3. The third-order valence-electron chi connectivity index (χ3n) is 15.3. The summed E-state index contributed by atoms with van der Waals surface area (Å²) >= 11 is 0. The van der Waals surface area contributed by atoms with Crippen LogP contribution in [-0.4, -0.2) is 37.2 Å². The second-order valence-corrected chi connectivity index (χ2v) is 23.1. The molecule has 0 aromatic carbocycles. The number of carbonyl (C=O) groups is 3. The van der Waals surface area contributed by atoms with Crippen molar-refractivity contribution in [3.63, 3.8) is 0 Å². The van der Waals surface area contributed by atoms with Gasteiger partial charge in [-0.3, -0.25) is 14.4 Å². The van der Waals surface area contributed by atoms with Gasteiger partial charge in [0.1, 0.15) is 13.2 Å². The number of ether oxygens (including phenoxy) is 3. The van der Waals surface area contributed by atoms with E-state index in [0.29, 0.717) is 19.3 Å². The highest BCUT2D eigenvalue weighted by Gasteiger charge is 2.19. The zero-order valence-electron chi connectivity index (χ0n) is 52.2. The molecule has 78 heavy (non-hydrogen) atoms. The third-order valence-corrected chi connectivity index (χ3v) is 15.3. The van der Waals surface area contributed by atoms with Crippen LogP contribution >= 0.6 is 0 Å². The largest absolute Gasteiger partial charge is 0.462 e. The summed E-state index contributed by atoms with van der Waals surface area (Å²) in [6, 6.07) is 0. The summed E-state index contributed by atoms with van der Waals surface area (Å²) in [5, 5.41) is 0. The molecule has 0 aliphatic heterocycles. The Hall–Kier alpha value is -2.89. The van der Waals surface area contributed by atoms with Crippen LogP contribution < -0.4 is 0 Å². The first-order valence-corrected chi connectivity index (χ1v) is 34.3. The maximum absolute atomic E-state index is 12.9. The minimum atomic E-state index is -0.777. The van der Waals surface area contributed by atoms with Crippen LogP contribution in [0.25, 0.3) is 0 Å².